The topological polar surface area (TPSA) is 210 Å². The highest BCUT2D eigenvalue weighted by molar-refractivity contribution is 7.47. The predicted molar refractivity (Wildman–Crippen MR) is 198 cm³/mol. The number of allylic oxidation sites excluding steroid dienone is 4. The molecule has 8 atom stereocenters. The number of unbranched alkanes of at least 4 members (excludes halogenated alkanes) is 15. The van der Waals surface area contributed by atoms with E-state index < -0.39 is 75.7 Å². The molecule has 1 rings (SSSR count). The maximum Gasteiger partial charge on any atom is 0.472 e. The van der Waals surface area contributed by atoms with Crippen LogP contribution in [-0.4, -0.2) is 98.3 Å². The lowest BCUT2D eigenvalue weighted by Crippen LogP contribution is -2.64. The highest BCUT2D eigenvalue weighted by atomic mass is 31.2. The minimum Gasteiger partial charge on any atom is -0.462 e. The second-order valence-electron chi connectivity index (χ2n) is 13.8. The molecule has 6 unspecified atom stereocenters. The van der Waals surface area contributed by atoms with Crippen molar-refractivity contribution in [1.29, 1.82) is 0 Å². The fourth-order valence-corrected chi connectivity index (χ4v) is 6.75. The first-order valence-electron chi connectivity index (χ1n) is 19.6. The Morgan fingerprint density at radius 3 is 1.62 bits per heavy atom. The Hall–Kier alpha value is -1.67. The number of carbonyl (C=O) groups excluding carboxylic acids is 2. The van der Waals surface area contributed by atoms with E-state index in [1.165, 1.54) is 38.5 Å². The lowest BCUT2D eigenvalue weighted by molar-refractivity contribution is -0.220. The molecule has 1 aliphatic rings. The number of esters is 2. The summed E-state index contributed by atoms with van der Waals surface area (Å²) in [5, 5.41) is 49.9. The van der Waals surface area contributed by atoms with Crippen molar-refractivity contribution in [2.24, 2.45) is 0 Å². The zero-order chi connectivity index (χ0) is 38.6. The van der Waals surface area contributed by atoms with Crippen LogP contribution in [0.1, 0.15) is 149 Å². The average Bonchev–Trinajstić information content (AvgIpc) is 3.12. The number of ether oxygens (including phenoxy) is 2. The van der Waals surface area contributed by atoms with Crippen molar-refractivity contribution in [3.63, 3.8) is 0 Å². The zero-order valence-corrected chi connectivity index (χ0v) is 32.5. The Morgan fingerprint density at radius 2 is 1.06 bits per heavy atom. The van der Waals surface area contributed by atoms with Gasteiger partial charge in [-0.2, -0.15) is 0 Å². The van der Waals surface area contributed by atoms with Crippen molar-refractivity contribution >= 4 is 19.8 Å². The maximum atomic E-state index is 12.7. The third-order valence-corrected chi connectivity index (χ3v) is 10.0. The number of aliphatic hydroxyl groups excluding tert-OH is 5. The van der Waals surface area contributed by atoms with Crippen LogP contribution >= 0.6 is 7.82 Å². The van der Waals surface area contributed by atoms with Gasteiger partial charge in [0.25, 0.3) is 0 Å². The van der Waals surface area contributed by atoms with Crippen LogP contribution in [0.5, 0.6) is 0 Å². The first kappa shape index (κ1) is 48.3. The summed E-state index contributed by atoms with van der Waals surface area (Å²) in [5.41, 5.74) is 0. The molecule has 1 aliphatic carbocycles. The predicted octanol–water partition coefficient (Wildman–Crippen LogP) is 6.11. The van der Waals surface area contributed by atoms with Crippen LogP contribution in [0.3, 0.4) is 0 Å². The van der Waals surface area contributed by atoms with E-state index in [0.717, 1.165) is 70.6 Å². The molecule has 0 bridgehead atoms. The van der Waals surface area contributed by atoms with Gasteiger partial charge in [0.15, 0.2) is 6.10 Å². The van der Waals surface area contributed by atoms with Gasteiger partial charge in [-0.25, -0.2) is 4.57 Å². The van der Waals surface area contributed by atoms with Crippen molar-refractivity contribution in [1.82, 2.24) is 0 Å². The SMILES string of the molecule is CCCC/C=C/C/C=C/CCCCCCCC(=O)OC[C@H](COP(=O)(O)OC1C(O)C(O)C(O)[C@@H](O)C1O)OC(=O)CCCCCCCCCCC. The van der Waals surface area contributed by atoms with Crippen LogP contribution in [0.15, 0.2) is 24.3 Å². The fourth-order valence-electron chi connectivity index (χ4n) is 5.77. The van der Waals surface area contributed by atoms with Gasteiger partial charge in [-0.3, -0.25) is 18.6 Å². The van der Waals surface area contributed by atoms with Crippen LogP contribution in [0.4, 0.5) is 0 Å². The summed E-state index contributed by atoms with van der Waals surface area (Å²) in [6.45, 7) is 3.18. The number of carbonyl (C=O) groups is 2. The highest BCUT2D eigenvalue weighted by Gasteiger charge is 2.51. The summed E-state index contributed by atoms with van der Waals surface area (Å²) < 4.78 is 33.3. The molecule has 0 spiro atoms. The molecule has 1 saturated carbocycles. The minimum absolute atomic E-state index is 0.0953. The molecule has 304 valence electrons. The molecule has 0 aliphatic heterocycles. The van der Waals surface area contributed by atoms with Gasteiger partial charge >= 0.3 is 19.8 Å². The van der Waals surface area contributed by atoms with E-state index in [-0.39, 0.29) is 12.8 Å². The Morgan fingerprint density at radius 1 is 0.596 bits per heavy atom. The van der Waals surface area contributed by atoms with Gasteiger partial charge in [-0.05, 0) is 38.5 Å². The highest BCUT2D eigenvalue weighted by Crippen LogP contribution is 2.47. The van der Waals surface area contributed by atoms with Gasteiger partial charge in [-0.1, -0.05) is 122 Å². The standard InChI is InChI=1S/C38H69O13P/c1-3-5-7-9-11-13-14-15-16-17-19-20-22-24-26-31(39)48-28-30(50-32(40)27-25-23-21-18-12-10-8-6-4-2)29-49-52(46,47)51-38-36(44)34(42)33(41)35(43)37(38)45/h9,11,14-15,30,33-38,41-45H,3-8,10,12-13,16-29H2,1-2H3,(H,46,47)/b11-9+,15-14+/t30-,33?,34-,35?,36?,37?,38?/m1/s1. The molecule has 0 saturated heterocycles. The first-order valence-corrected chi connectivity index (χ1v) is 21.1. The largest absolute Gasteiger partial charge is 0.472 e. The average molecular weight is 765 g/mol. The van der Waals surface area contributed by atoms with Crippen LogP contribution in [0.2, 0.25) is 0 Å². The number of aliphatic hydroxyl groups is 5. The third kappa shape index (κ3) is 22.5. The van der Waals surface area contributed by atoms with Crippen LogP contribution in [0, 0.1) is 0 Å². The third-order valence-electron chi connectivity index (χ3n) is 9.05. The number of rotatable bonds is 31. The maximum absolute atomic E-state index is 12.7. The molecule has 0 aromatic carbocycles. The molecule has 1 fully saturated rings. The van der Waals surface area contributed by atoms with Gasteiger partial charge in [-0.15, -0.1) is 0 Å². The smallest absolute Gasteiger partial charge is 0.462 e. The zero-order valence-electron chi connectivity index (χ0n) is 31.6. The lowest BCUT2D eigenvalue weighted by atomic mass is 9.85. The van der Waals surface area contributed by atoms with E-state index in [4.69, 9.17) is 18.5 Å². The number of hydrogen-bond acceptors (Lipinski definition) is 12. The van der Waals surface area contributed by atoms with Crippen molar-refractivity contribution < 1.29 is 63.1 Å². The van der Waals surface area contributed by atoms with E-state index in [9.17, 15) is 44.6 Å². The monoisotopic (exact) mass is 764 g/mol. The first-order chi connectivity index (χ1) is 24.9. The molecule has 0 aromatic heterocycles. The van der Waals surface area contributed by atoms with Crippen LogP contribution in [-0.2, 0) is 32.7 Å². The van der Waals surface area contributed by atoms with Gasteiger partial charge in [0, 0.05) is 12.8 Å². The van der Waals surface area contributed by atoms with Crippen LogP contribution in [0.25, 0.3) is 0 Å². The Labute approximate surface area is 311 Å². The molecule has 0 amide bonds. The Bertz CT molecular complexity index is 1020. The molecule has 52 heavy (non-hydrogen) atoms. The Kier molecular flexibility index (Phi) is 27.6. The summed E-state index contributed by atoms with van der Waals surface area (Å²) in [7, 11) is -5.11. The molecule has 0 aromatic rings. The van der Waals surface area contributed by atoms with E-state index in [1.807, 2.05) is 0 Å². The molecule has 0 radical (unpaired) electrons. The van der Waals surface area contributed by atoms with Crippen LogP contribution < -0.4 is 0 Å². The minimum atomic E-state index is -5.11. The summed E-state index contributed by atoms with van der Waals surface area (Å²) in [6.07, 6.45) is 15.5. The van der Waals surface area contributed by atoms with E-state index >= 15 is 0 Å². The van der Waals surface area contributed by atoms with Crippen molar-refractivity contribution in [2.75, 3.05) is 13.2 Å². The second-order valence-corrected chi connectivity index (χ2v) is 15.2. The summed E-state index contributed by atoms with van der Waals surface area (Å²) in [4.78, 5) is 35.4. The quantitative estimate of drug-likeness (QED) is 0.0204. The van der Waals surface area contributed by atoms with Crippen molar-refractivity contribution in [2.45, 2.75) is 191 Å². The number of phosphoric ester groups is 1. The van der Waals surface area contributed by atoms with E-state index in [2.05, 4.69) is 38.2 Å². The fraction of sp³-hybridized carbons (Fsp3) is 0.842. The van der Waals surface area contributed by atoms with E-state index in [1.54, 1.807) is 0 Å². The van der Waals surface area contributed by atoms with Gasteiger partial charge in [0.1, 0.15) is 43.2 Å². The normalized spacial score (nSPS) is 23.9. The summed E-state index contributed by atoms with van der Waals surface area (Å²) >= 11 is 0. The second kappa shape index (κ2) is 29.7. The summed E-state index contributed by atoms with van der Waals surface area (Å²) in [6, 6.07) is 0. The Balaban J connectivity index is 2.53. The lowest BCUT2D eigenvalue weighted by Gasteiger charge is -2.41. The summed E-state index contributed by atoms with van der Waals surface area (Å²) in [5.74, 6) is -1.12. The molecular weight excluding hydrogens is 695 g/mol. The van der Waals surface area contributed by atoms with E-state index in [0.29, 0.717) is 12.8 Å². The van der Waals surface area contributed by atoms with Crippen molar-refractivity contribution in [3.05, 3.63) is 24.3 Å². The molecule has 13 nitrogen and oxygen atoms in total. The van der Waals surface area contributed by atoms with Gasteiger partial charge < -0.3 is 39.9 Å². The number of hydrogen-bond donors (Lipinski definition) is 6. The van der Waals surface area contributed by atoms with Gasteiger partial charge in [0.2, 0.25) is 0 Å². The van der Waals surface area contributed by atoms with Crippen molar-refractivity contribution in [3.8, 4) is 0 Å². The molecule has 14 heteroatoms. The van der Waals surface area contributed by atoms with Gasteiger partial charge in [0.05, 0.1) is 6.61 Å². The number of phosphoric acid groups is 1. The molecular formula is C38H69O13P. The molecule has 6 N–H and O–H groups in total. The molecule has 0 heterocycles.